The summed E-state index contributed by atoms with van der Waals surface area (Å²) in [6, 6.07) is 13.7. The zero-order valence-electron chi connectivity index (χ0n) is 17.9. The molecule has 0 unspecified atom stereocenters. The summed E-state index contributed by atoms with van der Waals surface area (Å²) in [5, 5.41) is 6.38. The van der Waals surface area contributed by atoms with Crippen LogP contribution in [0.2, 0.25) is 0 Å². The summed E-state index contributed by atoms with van der Waals surface area (Å²) in [5.41, 5.74) is 3.05. The van der Waals surface area contributed by atoms with E-state index in [0.717, 1.165) is 29.0 Å². The molecule has 0 aliphatic carbocycles. The number of aryl methyl sites for hydroxylation is 1. The number of nitrogens with zero attached hydrogens (tertiary/aromatic N) is 1. The number of guanidine groups is 1. The first-order chi connectivity index (χ1) is 14.5. The first-order valence-corrected chi connectivity index (χ1v) is 12.0. The predicted octanol–water partition coefficient (Wildman–Crippen LogP) is 3.77. The summed E-state index contributed by atoms with van der Waals surface area (Å²) in [6.45, 7) is 5.70. The molecular weight excluding hydrogens is 529 g/mol. The highest BCUT2D eigenvalue weighted by atomic mass is 127. The van der Waals surface area contributed by atoms with Crippen LogP contribution in [0.25, 0.3) is 0 Å². The fourth-order valence-corrected chi connectivity index (χ4v) is 3.64. The van der Waals surface area contributed by atoms with Gasteiger partial charge in [0.1, 0.15) is 0 Å². The molecule has 2 aromatic rings. The van der Waals surface area contributed by atoms with Gasteiger partial charge in [-0.1, -0.05) is 31.2 Å². The maximum Gasteiger partial charge on any atom is 0.196 e. The van der Waals surface area contributed by atoms with Crippen LogP contribution in [0.3, 0.4) is 0 Å². The van der Waals surface area contributed by atoms with Crippen LogP contribution in [0.1, 0.15) is 24.5 Å². The Hall–Kier alpha value is -2.01. The van der Waals surface area contributed by atoms with Crippen LogP contribution in [-0.2, 0) is 16.4 Å². The number of nitrogens with one attached hydrogen (secondary N) is 2. The first-order valence-electron chi connectivity index (χ1n) is 10.2. The zero-order chi connectivity index (χ0) is 21.4. The molecule has 0 radical (unpaired) electrons. The molecule has 0 spiro atoms. The van der Waals surface area contributed by atoms with Crippen molar-refractivity contribution in [2.45, 2.75) is 26.8 Å². The Bertz CT molecular complexity index is 996. The molecule has 1 aliphatic heterocycles. The number of anilines is 1. The van der Waals surface area contributed by atoms with Crippen LogP contribution in [0.15, 0.2) is 47.5 Å². The lowest BCUT2D eigenvalue weighted by atomic mass is 10.1. The minimum Gasteiger partial charge on any atom is -0.490 e. The highest BCUT2D eigenvalue weighted by Gasteiger charge is 2.12. The number of sulfone groups is 1. The van der Waals surface area contributed by atoms with Gasteiger partial charge in [0.15, 0.2) is 27.3 Å². The molecule has 2 aromatic carbocycles. The molecule has 0 amide bonds. The fraction of sp³-hybridized carbons (Fsp3) is 0.409. The minimum absolute atomic E-state index is 0. The summed E-state index contributed by atoms with van der Waals surface area (Å²) in [4.78, 5) is 4.65. The van der Waals surface area contributed by atoms with Crippen LogP contribution >= 0.6 is 24.0 Å². The zero-order valence-corrected chi connectivity index (χ0v) is 21.0. The molecule has 0 saturated carbocycles. The van der Waals surface area contributed by atoms with Crippen LogP contribution in [-0.4, -0.2) is 45.6 Å². The largest absolute Gasteiger partial charge is 0.490 e. The predicted molar refractivity (Wildman–Crippen MR) is 136 cm³/mol. The van der Waals surface area contributed by atoms with Crippen molar-refractivity contribution in [3.8, 4) is 11.5 Å². The average molecular weight is 559 g/mol. The van der Waals surface area contributed by atoms with Gasteiger partial charge in [-0.05, 0) is 30.2 Å². The summed E-state index contributed by atoms with van der Waals surface area (Å²) in [5.74, 6) is 2.09. The number of hydrogen-bond donors (Lipinski definition) is 2. The molecule has 0 saturated heterocycles. The molecule has 1 heterocycles. The molecule has 0 atom stereocenters. The molecule has 3 rings (SSSR count). The van der Waals surface area contributed by atoms with E-state index < -0.39 is 9.84 Å². The molecule has 2 N–H and O–H groups in total. The topological polar surface area (TPSA) is 89.0 Å². The van der Waals surface area contributed by atoms with Gasteiger partial charge in [0.2, 0.25) is 0 Å². The number of halogens is 1. The third-order valence-corrected chi connectivity index (χ3v) is 6.53. The third-order valence-electron chi connectivity index (χ3n) is 4.82. The molecule has 1 aliphatic rings. The van der Waals surface area contributed by atoms with Crippen LogP contribution in [0.5, 0.6) is 11.5 Å². The van der Waals surface area contributed by atoms with E-state index in [1.165, 1.54) is 0 Å². The van der Waals surface area contributed by atoms with Crippen LogP contribution in [0.4, 0.5) is 5.69 Å². The molecule has 9 heteroatoms. The van der Waals surface area contributed by atoms with E-state index in [0.29, 0.717) is 31.5 Å². The van der Waals surface area contributed by atoms with Gasteiger partial charge in [-0.25, -0.2) is 13.4 Å². The van der Waals surface area contributed by atoms with Crippen LogP contribution < -0.4 is 20.1 Å². The Labute approximate surface area is 201 Å². The van der Waals surface area contributed by atoms with E-state index in [9.17, 15) is 8.42 Å². The van der Waals surface area contributed by atoms with E-state index in [1.54, 1.807) is 6.92 Å². The fourth-order valence-electron chi connectivity index (χ4n) is 2.94. The maximum atomic E-state index is 11.8. The van der Waals surface area contributed by atoms with E-state index in [2.05, 4.69) is 15.6 Å². The van der Waals surface area contributed by atoms with Gasteiger partial charge in [0, 0.05) is 30.5 Å². The second-order valence-corrected chi connectivity index (χ2v) is 9.56. The van der Waals surface area contributed by atoms with Crippen molar-refractivity contribution < 1.29 is 17.9 Å². The lowest BCUT2D eigenvalue weighted by Crippen LogP contribution is -2.34. The van der Waals surface area contributed by atoms with Crippen molar-refractivity contribution in [1.29, 1.82) is 0 Å². The first kappa shape index (κ1) is 25.3. The number of ether oxygens (including phenoxy) is 2. The van der Waals surface area contributed by atoms with Gasteiger partial charge in [0.05, 0.1) is 25.5 Å². The standard InChI is InChI=1S/C22H29N3O4S.HI/c1-3-30(26,27)14-11-23-22(24-16-18-8-5-4-7-17(18)2)25-19-9-10-20-21(15-19)29-13-6-12-28-20;/h4-5,7-10,15H,3,6,11-14,16H2,1-2H3,(H2,23,24,25);1H. The quantitative estimate of drug-likeness (QED) is 0.305. The van der Waals surface area contributed by atoms with Crippen molar-refractivity contribution in [2.24, 2.45) is 4.99 Å². The molecule has 0 bridgehead atoms. The highest BCUT2D eigenvalue weighted by molar-refractivity contribution is 14.0. The number of fused-ring (bicyclic) bond motifs is 1. The Morgan fingerprint density at radius 1 is 1.10 bits per heavy atom. The van der Waals surface area contributed by atoms with Gasteiger partial charge in [-0.15, -0.1) is 24.0 Å². The highest BCUT2D eigenvalue weighted by Crippen LogP contribution is 2.32. The van der Waals surface area contributed by atoms with Crippen molar-refractivity contribution in [3.05, 3.63) is 53.6 Å². The molecule has 0 aromatic heterocycles. The Morgan fingerprint density at radius 3 is 2.58 bits per heavy atom. The number of hydrogen-bond acceptors (Lipinski definition) is 5. The lowest BCUT2D eigenvalue weighted by Gasteiger charge is -2.15. The average Bonchev–Trinajstić information content (AvgIpc) is 2.98. The maximum absolute atomic E-state index is 11.8. The smallest absolute Gasteiger partial charge is 0.196 e. The van der Waals surface area contributed by atoms with Gasteiger partial charge in [-0.2, -0.15) is 0 Å². The SMILES string of the molecule is CCS(=O)(=O)CCNC(=NCc1ccccc1C)Nc1ccc2c(c1)OCCCO2.I. The summed E-state index contributed by atoms with van der Waals surface area (Å²) in [7, 11) is -3.06. The van der Waals surface area contributed by atoms with E-state index >= 15 is 0 Å². The number of aliphatic imine (C=N–C) groups is 1. The molecular formula is C22H30IN3O4S. The second-order valence-electron chi connectivity index (χ2n) is 7.09. The number of rotatable bonds is 7. The van der Waals surface area contributed by atoms with Crippen molar-refractivity contribution in [3.63, 3.8) is 0 Å². The Balaban J connectivity index is 0.00000341. The third kappa shape index (κ3) is 7.88. The normalized spacial score (nSPS) is 13.7. The molecule has 7 nitrogen and oxygen atoms in total. The number of benzene rings is 2. The monoisotopic (exact) mass is 559 g/mol. The summed E-state index contributed by atoms with van der Waals surface area (Å²) in [6.07, 6.45) is 0.841. The molecule has 0 fully saturated rings. The van der Waals surface area contributed by atoms with Crippen molar-refractivity contribution in [1.82, 2.24) is 5.32 Å². The molecule has 31 heavy (non-hydrogen) atoms. The van der Waals surface area contributed by atoms with E-state index in [1.807, 2.05) is 49.4 Å². The van der Waals surface area contributed by atoms with Crippen molar-refractivity contribution in [2.75, 3.05) is 36.6 Å². The summed E-state index contributed by atoms with van der Waals surface area (Å²) >= 11 is 0. The Kier molecular flexibility index (Phi) is 9.89. The van der Waals surface area contributed by atoms with Gasteiger partial charge < -0.3 is 20.1 Å². The minimum atomic E-state index is -3.06. The Morgan fingerprint density at radius 2 is 1.84 bits per heavy atom. The van der Waals surface area contributed by atoms with Crippen molar-refractivity contribution >= 4 is 45.5 Å². The van der Waals surface area contributed by atoms with Gasteiger partial charge >= 0.3 is 0 Å². The van der Waals surface area contributed by atoms with Gasteiger partial charge in [-0.3, -0.25) is 0 Å². The second kappa shape index (κ2) is 12.1. The van der Waals surface area contributed by atoms with E-state index in [-0.39, 0.29) is 42.0 Å². The van der Waals surface area contributed by atoms with Crippen LogP contribution in [0, 0.1) is 6.92 Å². The van der Waals surface area contributed by atoms with E-state index in [4.69, 9.17) is 9.47 Å². The lowest BCUT2D eigenvalue weighted by molar-refractivity contribution is 0.297. The summed E-state index contributed by atoms with van der Waals surface area (Å²) < 4.78 is 35.1. The van der Waals surface area contributed by atoms with Gasteiger partial charge in [0.25, 0.3) is 0 Å². The molecule has 170 valence electrons.